The molecule has 1 heterocycles. The standard InChI is InChI=1S/C24H22N2O3/c27-23(26-15-14-18-6-4-5-7-20(18)17-26)16-25-24(28)19-10-12-22(13-11-19)29-21-8-2-1-3-9-21/h1-13H,14-17H2,(H,25,28). The highest BCUT2D eigenvalue weighted by Gasteiger charge is 2.20. The summed E-state index contributed by atoms with van der Waals surface area (Å²) in [5.74, 6) is 1.04. The number of nitrogens with zero attached hydrogens (tertiary/aromatic N) is 1. The van der Waals surface area contributed by atoms with Crippen LogP contribution in [-0.2, 0) is 17.8 Å². The Morgan fingerprint density at radius 2 is 1.48 bits per heavy atom. The van der Waals surface area contributed by atoms with E-state index in [4.69, 9.17) is 4.74 Å². The Balaban J connectivity index is 1.30. The Morgan fingerprint density at radius 1 is 0.828 bits per heavy atom. The van der Waals surface area contributed by atoms with Crippen molar-refractivity contribution >= 4 is 11.8 Å². The maximum atomic E-state index is 12.5. The molecule has 0 radical (unpaired) electrons. The van der Waals surface area contributed by atoms with Crippen LogP contribution in [0.3, 0.4) is 0 Å². The highest BCUT2D eigenvalue weighted by atomic mass is 16.5. The molecular weight excluding hydrogens is 364 g/mol. The van der Waals surface area contributed by atoms with E-state index in [1.807, 2.05) is 48.5 Å². The van der Waals surface area contributed by atoms with Crippen LogP contribution >= 0.6 is 0 Å². The monoisotopic (exact) mass is 386 g/mol. The van der Waals surface area contributed by atoms with Crippen molar-refractivity contribution < 1.29 is 14.3 Å². The van der Waals surface area contributed by atoms with Gasteiger partial charge in [-0.2, -0.15) is 0 Å². The van der Waals surface area contributed by atoms with E-state index in [-0.39, 0.29) is 18.4 Å². The second-order valence-corrected chi connectivity index (χ2v) is 6.96. The Morgan fingerprint density at radius 3 is 2.24 bits per heavy atom. The number of para-hydroxylation sites is 1. The highest BCUT2D eigenvalue weighted by Crippen LogP contribution is 2.21. The predicted molar refractivity (Wildman–Crippen MR) is 111 cm³/mol. The summed E-state index contributed by atoms with van der Waals surface area (Å²) in [6.45, 7) is 1.26. The molecule has 0 aromatic heterocycles. The zero-order chi connectivity index (χ0) is 20.1. The first-order chi connectivity index (χ1) is 14.2. The van der Waals surface area contributed by atoms with Crippen LogP contribution in [0.1, 0.15) is 21.5 Å². The van der Waals surface area contributed by atoms with E-state index < -0.39 is 0 Å². The minimum atomic E-state index is -0.276. The van der Waals surface area contributed by atoms with Crippen molar-refractivity contribution in [2.24, 2.45) is 0 Å². The summed E-state index contributed by atoms with van der Waals surface area (Å²) in [4.78, 5) is 26.7. The average molecular weight is 386 g/mol. The van der Waals surface area contributed by atoms with Crippen molar-refractivity contribution in [3.63, 3.8) is 0 Å². The molecule has 2 amide bonds. The molecule has 0 fully saturated rings. The first-order valence-electron chi connectivity index (χ1n) is 9.65. The van der Waals surface area contributed by atoms with Gasteiger partial charge in [-0.1, -0.05) is 42.5 Å². The maximum absolute atomic E-state index is 12.5. The van der Waals surface area contributed by atoms with Crippen LogP contribution in [0.4, 0.5) is 0 Å². The van der Waals surface area contributed by atoms with Crippen LogP contribution in [0.25, 0.3) is 0 Å². The number of hydrogen-bond donors (Lipinski definition) is 1. The summed E-state index contributed by atoms with van der Waals surface area (Å²) in [5, 5.41) is 2.72. The second kappa shape index (κ2) is 8.61. The molecule has 0 bridgehead atoms. The van der Waals surface area contributed by atoms with Crippen LogP contribution in [0.15, 0.2) is 78.9 Å². The minimum absolute atomic E-state index is 0.0106. The van der Waals surface area contributed by atoms with E-state index in [0.717, 1.165) is 12.2 Å². The largest absolute Gasteiger partial charge is 0.457 e. The van der Waals surface area contributed by atoms with Gasteiger partial charge in [0.2, 0.25) is 5.91 Å². The van der Waals surface area contributed by atoms with Gasteiger partial charge >= 0.3 is 0 Å². The van der Waals surface area contributed by atoms with Crippen molar-refractivity contribution in [2.45, 2.75) is 13.0 Å². The second-order valence-electron chi connectivity index (χ2n) is 6.96. The number of rotatable bonds is 5. The number of carbonyl (C=O) groups is 2. The summed E-state index contributed by atoms with van der Waals surface area (Å²) in [6, 6.07) is 24.5. The number of ether oxygens (including phenoxy) is 1. The van der Waals surface area contributed by atoms with Crippen molar-refractivity contribution in [3.05, 3.63) is 95.6 Å². The van der Waals surface area contributed by atoms with E-state index in [1.54, 1.807) is 29.2 Å². The van der Waals surface area contributed by atoms with Gasteiger partial charge in [-0.3, -0.25) is 9.59 Å². The topological polar surface area (TPSA) is 58.6 Å². The van der Waals surface area contributed by atoms with E-state index in [2.05, 4.69) is 11.4 Å². The number of amides is 2. The molecule has 1 N–H and O–H groups in total. The van der Waals surface area contributed by atoms with Gasteiger partial charge in [0.1, 0.15) is 11.5 Å². The average Bonchev–Trinajstić information content (AvgIpc) is 2.78. The summed E-state index contributed by atoms with van der Waals surface area (Å²) in [7, 11) is 0. The molecule has 4 rings (SSSR count). The molecule has 0 saturated heterocycles. The number of hydrogen-bond acceptors (Lipinski definition) is 3. The lowest BCUT2D eigenvalue weighted by atomic mass is 10.00. The Labute approximate surface area is 169 Å². The molecule has 0 aliphatic carbocycles. The molecule has 0 unspecified atom stereocenters. The van der Waals surface area contributed by atoms with Crippen LogP contribution in [-0.4, -0.2) is 29.8 Å². The molecule has 29 heavy (non-hydrogen) atoms. The summed E-state index contributed by atoms with van der Waals surface area (Å²) < 4.78 is 5.73. The zero-order valence-corrected chi connectivity index (χ0v) is 16.0. The van der Waals surface area contributed by atoms with Crippen LogP contribution in [0.2, 0.25) is 0 Å². The van der Waals surface area contributed by atoms with Crippen LogP contribution in [0, 0.1) is 0 Å². The Hall–Kier alpha value is -3.60. The molecule has 0 atom stereocenters. The number of fused-ring (bicyclic) bond motifs is 1. The molecule has 1 aliphatic heterocycles. The fraction of sp³-hybridized carbons (Fsp3) is 0.167. The molecule has 146 valence electrons. The third-order valence-corrected chi connectivity index (χ3v) is 4.98. The minimum Gasteiger partial charge on any atom is -0.457 e. The smallest absolute Gasteiger partial charge is 0.251 e. The van der Waals surface area contributed by atoms with E-state index in [9.17, 15) is 9.59 Å². The van der Waals surface area contributed by atoms with E-state index in [0.29, 0.717) is 24.4 Å². The third kappa shape index (κ3) is 4.63. The molecule has 5 nitrogen and oxygen atoms in total. The lowest BCUT2D eigenvalue weighted by molar-refractivity contribution is -0.131. The molecule has 5 heteroatoms. The number of carbonyl (C=O) groups excluding carboxylic acids is 2. The van der Waals surface area contributed by atoms with E-state index in [1.165, 1.54) is 11.1 Å². The zero-order valence-electron chi connectivity index (χ0n) is 16.0. The lowest BCUT2D eigenvalue weighted by Gasteiger charge is -2.29. The lowest BCUT2D eigenvalue weighted by Crippen LogP contribution is -2.42. The summed E-state index contributed by atoms with van der Waals surface area (Å²) in [6.07, 6.45) is 0.846. The molecule has 3 aromatic rings. The van der Waals surface area contributed by atoms with Gasteiger partial charge in [0.05, 0.1) is 6.54 Å². The van der Waals surface area contributed by atoms with Crippen molar-refractivity contribution in [2.75, 3.05) is 13.1 Å². The third-order valence-electron chi connectivity index (χ3n) is 4.98. The molecule has 0 spiro atoms. The SMILES string of the molecule is O=C(NCC(=O)N1CCc2ccccc2C1)c1ccc(Oc2ccccc2)cc1. The van der Waals surface area contributed by atoms with E-state index >= 15 is 0 Å². The quantitative estimate of drug-likeness (QED) is 0.726. The van der Waals surface area contributed by atoms with Crippen LogP contribution in [0.5, 0.6) is 11.5 Å². The number of nitrogens with one attached hydrogen (secondary N) is 1. The normalized spacial score (nSPS) is 12.8. The van der Waals surface area contributed by atoms with Gasteiger partial charge in [0.25, 0.3) is 5.91 Å². The van der Waals surface area contributed by atoms with Gasteiger partial charge in [-0.05, 0) is 53.9 Å². The Kier molecular flexibility index (Phi) is 5.56. The summed E-state index contributed by atoms with van der Waals surface area (Å²) in [5.41, 5.74) is 2.95. The Bertz CT molecular complexity index is 1000. The molecule has 0 saturated carbocycles. The fourth-order valence-electron chi connectivity index (χ4n) is 3.38. The number of benzene rings is 3. The molecular formula is C24H22N2O3. The molecule has 3 aromatic carbocycles. The van der Waals surface area contributed by atoms with Crippen LogP contribution < -0.4 is 10.1 Å². The highest BCUT2D eigenvalue weighted by molar-refractivity contribution is 5.96. The van der Waals surface area contributed by atoms with Crippen molar-refractivity contribution in [1.29, 1.82) is 0 Å². The van der Waals surface area contributed by atoms with Gasteiger partial charge < -0.3 is 15.0 Å². The molecule has 1 aliphatic rings. The van der Waals surface area contributed by atoms with Crippen molar-refractivity contribution in [1.82, 2.24) is 10.2 Å². The fourth-order valence-corrected chi connectivity index (χ4v) is 3.38. The first kappa shape index (κ1) is 18.7. The van der Waals surface area contributed by atoms with Gasteiger partial charge in [-0.15, -0.1) is 0 Å². The summed E-state index contributed by atoms with van der Waals surface area (Å²) >= 11 is 0. The van der Waals surface area contributed by atoms with Gasteiger partial charge in [0, 0.05) is 18.7 Å². The first-order valence-corrected chi connectivity index (χ1v) is 9.65. The van der Waals surface area contributed by atoms with Gasteiger partial charge in [0.15, 0.2) is 0 Å². The van der Waals surface area contributed by atoms with Gasteiger partial charge in [-0.25, -0.2) is 0 Å². The van der Waals surface area contributed by atoms with Crippen molar-refractivity contribution in [3.8, 4) is 11.5 Å². The predicted octanol–water partition coefficient (Wildman–Crippen LogP) is 3.79. The maximum Gasteiger partial charge on any atom is 0.251 e.